The second-order valence-corrected chi connectivity index (χ2v) is 6.83. The summed E-state index contributed by atoms with van der Waals surface area (Å²) in [6.45, 7) is 3.50. The van der Waals surface area contributed by atoms with Crippen molar-refractivity contribution in [3.05, 3.63) is 64.2 Å². The van der Waals surface area contributed by atoms with Crippen LogP contribution >= 0.6 is 11.6 Å². The van der Waals surface area contributed by atoms with E-state index in [4.69, 9.17) is 16.3 Å². The summed E-state index contributed by atoms with van der Waals surface area (Å²) in [5.74, 6) is 0.918. The van der Waals surface area contributed by atoms with Gasteiger partial charge in [-0.1, -0.05) is 54.3 Å². The first-order valence-corrected chi connectivity index (χ1v) is 8.78. The fraction of sp³-hybridized carbons (Fsp3) is 0.400. The molecule has 2 aromatic rings. The Morgan fingerprint density at radius 1 is 1.13 bits per heavy atom. The summed E-state index contributed by atoms with van der Waals surface area (Å²) < 4.78 is 6.05. The molecule has 0 radical (unpaired) electrons. The van der Waals surface area contributed by atoms with Crippen molar-refractivity contribution in [3.8, 4) is 5.75 Å². The number of hydrogen-bond donors (Lipinski definition) is 1. The van der Waals surface area contributed by atoms with E-state index in [1.54, 1.807) is 0 Å². The third-order valence-corrected chi connectivity index (χ3v) is 4.67. The molecule has 1 aliphatic carbocycles. The third kappa shape index (κ3) is 4.73. The van der Waals surface area contributed by atoms with Gasteiger partial charge in [-0.3, -0.25) is 0 Å². The highest BCUT2D eigenvalue weighted by Crippen LogP contribution is 2.25. The van der Waals surface area contributed by atoms with Crippen LogP contribution in [0.15, 0.2) is 42.5 Å². The third-order valence-electron chi connectivity index (χ3n) is 4.44. The fourth-order valence-electron chi connectivity index (χ4n) is 3.17. The first kappa shape index (κ1) is 16.4. The van der Waals surface area contributed by atoms with Gasteiger partial charge in [0.25, 0.3) is 0 Å². The molecule has 1 N–H and O–H groups in total. The zero-order valence-electron chi connectivity index (χ0n) is 13.6. The molecule has 1 fully saturated rings. The summed E-state index contributed by atoms with van der Waals surface area (Å²) in [4.78, 5) is 0. The Balaban J connectivity index is 1.65. The zero-order valence-corrected chi connectivity index (χ0v) is 14.4. The highest BCUT2D eigenvalue weighted by molar-refractivity contribution is 6.30. The SMILES string of the molecule is Cc1cccc(COc2ccc(Cl)cc2CNC2CCCC2)c1. The van der Waals surface area contributed by atoms with E-state index in [9.17, 15) is 0 Å². The Hall–Kier alpha value is -1.51. The molecular weight excluding hydrogens is 306 g/mol. The second kappa shape index (κ2) is 7.85. The average molecular weight is 330 g/mol. The lowest BCUT2D eigenvalue weighted by Gasteiger charge is -2.16. The maximum Gasteiger partial charge on any atom is 0.124 e. The minimum atomic E-state index is 0.583. The fourth-order valence-corrected chi connectivity index (χ4v) is 3.37. The lowest BCUT2D eigenvalue weighted by molar-refractivity contribution is 0.301. The summed E-state index contributed by atoms with van der Waals surface area (Å²) >= 11 is 6.17. The van der Waals surface area contributed by atoms with Crippen molar-refractivity contribution in [2.75, 3.05) is 0 Å². The van der Waals surface area contributed by atoms with Gasteiger partial charge in [-0.25, -0.2) is 0 Å². The van der Waals surface area contributed by atoms with E-state index in [1.807, 2.05) is 18.2 Å². The van der Waals surface area contributed by atoms with Crippen molar-refractivity contribution in [1.82, 2.24) is 5.32 Å². The second-order valence-electron chi connectivity index (χ2n) is 6.39. The molecule has 0 heterocycles. The highest BCUT2D eigenvalue weighted by Gasteiger charge is 2.15. The molecule has 0 aliphatic heterocycles. The molecule has 3 rings (SSSR count). The van der Waals surface area contributed by atoms with Gasteiger partial charge in [-0.15, -0.1) is 0 Å². The predicted octanol–water partition coefficient (Wildman–Crippen LogP) is 5.26. The number of halogens is 1. The van der Waals surface area contributed by atoms with Crippen LogP contribution in [0.1, 0.15) is 42.4 Å². The van der Waals surface area contributed by atoms with Crippen LogP contribution in [0.2, 0.25) is 5.02 Å². The van der Waals surface area contributed by atoms with E-state index >= 15 is 0 Å². The van der Waals surface area contributed by atoms with Crippen molar-refractivity contribution < 1.29 is 4.74 Å². The van der Waals surface area contributed by atoms with Gasteiger partial charge in [0.1, 0.15) is 12.4 Å². The molecule has 2 nitrogen and oxygen atoms in total. The van der Waals surface area contributed by atoms with Crippen LogP contribution in [0.5, 0.6) is 5.75 Å². The van der Waals surface area contributed by atoms with Crippen LogP contribution in [0.3, 0.4) is 0 Å². The number of nitrogens with one attached hydrogen (secondary N) is 1. The summed E-state index contributed by atoms with van der Waals surface area (Å²) in [5, 5.41) is 4.39. The molecule has 122 valence electrons. The van der Waals surface area contributed by atoms with E-state index in [0.29, 0.717) is 12.6 Å². The molecule has 0 aromatic heterocycles. The van der Waals surface area contributed by atoms with E-state index in [-0.39, 0.29) is 0 Å². The van der Waals surface area contributed by atoms with E-state index < -0.39 is 0 Å². The minimum Gasteiger partial charge on any atom is -0.489 e. The first-order chi connectivity index (χ1) is 11.2. The van der Waals surface area contributed by atoms with E-state index in [0.717, 1.165) is 22.9 Å². The Morgan fingerprint density at radius 3 is 2.74 bits per heavy atom. The topological polar surface area (TPSA) is 21.3 Å². The number of benzene rings is 2. The van der Waals surface area contributed by atoms with Crippen molar-refractivity contribution in [2.24, 2.45) is 0 Å². The lowest BCUT2D eigenvalue weighted by atomic mass is 10.1. The highest BCUT2D eigenvalue weighted by atomic mass is 35.5. The smallest absolute Gasteiger partial charge is 0.124 e. The summed E-state index contributed by atoms with van der Waals surface area (Å²) in [6, 6.07) is 14.9. The molecule has 0 amide bonds. The molecule has 0 unspecified atom stereocenters. The lowest BCUT2D eigenvalue weighted by Crippen LogP contribution is -2.25. The quantitative estimate of drug-likeness (QED) is 0.780. The minimum absolute atomic E-state index is 0.583. The standard InChI is InChI=1S/C20H24ClNO/c1-15-5-4-6-16(11-15)14-23-20-10-9-18(21)12-17(20)13-22-19-7-2-3-8-19/h4-6,9-12,19,22H,2-3,7-8,13-14H2,1H3. The molecule has 0 atom stereocenters. The normalized spacial score (nSPS) is 15.0. The molecule has 0 bridgehead atoms. The number of rotatable bonds is 6. The van der Waals surface area contributed by atoms with Crippen LogP contribution in [-0.4, -0.2) is 6.04 Å². The Bertz CT molecular complexity index is 650. The molecule has 1 aliphatic rings. The van der Waals surface area contributed by atoms with Gasteiger partial charge in [-0.2, -0.15) is 0 Å². The molecule has 0 saturated heterocycles. The summed E-state index contributed by atoms with van der Waals surface area (Å²) in [6.07, 6.45) is 5.23. The molecule has 1 saturated carbocycles. The van der Waals surface area contributed by atoms with Crippen LogP contribution in [0, 0.1) is 6.92 Å². The van der Waals surface area contributed by atoms with Crippen LogP contribution in [0.4, 0.5) is 0 Å². The van der Waals surface area contributed by atoms with Crippen molar-refractivity contribution in [2.45, 2.75) is 51.8 Å². The van der Waals surface area contributed by atoms with Crippen molar-refractivity contribution in [1.29, 1.82) is 0 Å². The largest absolute Gasteiger partial charge is 0.489 e. The molecule has 23 heavy (non-hydrogen) atoms. The van der Waals surface area contributed by atoms with Gasteiger partial charge in [-0.05, 0) is 43.5 Å². The van der Waals surface area contributed by atoms with Crippen molar-refractivity contribution in [3.63, 3.8) is 0 Å². The number of hydrogen-bond acceptors (Lipinski definition) is 2. The predicted molar refractivity (Wildman–Crippen MR) is 96.1 cm³/mol. The van der Waals surface area contributed by atoms with Gasteiger partial charge in [0, 0.05) is 23.2 Å². The monoisotopic (exact) mass is 329 g/mol. The van der Waals surface area contributed by atoms with Gasteiger partial charge in [0.05, 0.1) is 0 Å². The van der Waals surface area contributed by atoms with Crippen molar-refractivity contribution >= 4 is 11.6 Å². The van der Waals surface area contributed by atoms with Gasteiger partial charge in [0.2, 0.25) is 0 Å². The maximum atomic E-state index is 6.17. The molecular formula is C20H24ClNO. The molecule has 0 spiro atoms. The number of aryl methyl sites for hydroxylation is 1. The van der Waals surface area contributed by atoms with Crippen LogP contribution < -0.4 is 10.1 Å². The Morgan fingerprint density at radius 2 is 1.96 bits per heavy atom. The van der Waals surface area contributed by atoms with Gasteiger partial charge in [0.15, 0.2) is 0 Å². The molecule has 3 heteroatoms. The van der Waals surface area contributed by atoms with Crippen LogP contribution in [-0.2, 0) is 13.2 Å². The summed E-state index contributed by atoms with van der Waals surface area (Å²) in [7, 11) is 0. The average Bonchev–Trinajstić information content (AvgIpc) is 3.05. The first-order valence-electron chi connectivity index (χ1n) is 8.41. The zero-order chi connectivity index (χ0) is 16.1. The van der Waals surface area contributed by atoms with E-state index in [2.05, 4.69) is 36.5 Å². The van der Waals surface area contributed by atoms with Crippen LogP contribution in [0.25, 0.3) is 0 Å². The van der Waals surface area contributed by atoms with Gasteiger partial charge >= 0.3 is 0 Å². The Labute approximate surface area is 143 Å². The van der Waals surface area contributed by atoms with E-state index in [1.165, 1.54) is 36.8 Å². The molecule has 2 aromatic carbocycles. The number of ether oxygens (including phenoxy) is 1. The summed E-state index contributed by atoms with van der Waals surface area (Å²) in [5.41, 5.74) is 3.58. The Kier molecular flexibility index (Phi) is 5.58. The maximum absolute atomic E-state index is 6.17. The van der Waals surface area contributed by atoms with Gasteiger partial charge < -0.3 is 10.1 Å².